The van der Waals surface area contributed by atoms with Gasteiger partial charge in [0.05, 0.1) is 6.67 Å². The normalized spacial score (nSPS) is 57.0. The van der Waals surface area contributed by atoms with Crippen molar-refractivity contribution in [1.29, 1.82) is 0 Å². The van der Waals surface area contributed by atoms with Crippen LogP contribution in [-0.4, -0.2) is 60.1 Å². The number of urea groups is 1. The topological polar surface area (TPSA) is 64.7 Å². The Balaban J connectivity index is 1.92. The molecule has 1 spiro atoms. The van der Waals surface area contributed by atoms with Gasteiger partial charge in [-0.25, -0.2) is 4.79 Å². The molecule has 0 aromatic carbocycles. The first-order chi connectivity index (χ1) is 8.39. The molecule has 18 heavy (non-hydrogen) atoms. The van der Waals surface area contributed by atoms with E-state index in [9.17, 15) is 9.59 Å². The Morgan fingerprint density at radius 1 is 1.00 bits per heavy atom. The lowest BCUT2D eigenvalue weighted by Gasteiger charge is -2.70. The van der Waals surface area contributed by atoms with Crippen LogP contribution < -0.4 is 10.6 Å². The molecule has 0 aromatic rings. The molecule has 2 N–H and O–H groups in total. The molecule has 5 fully saturated rings. The van der Waals surface area contributed by atoms with E-state index in [1.54, 1.807) is 0 Å². The zero-order valence-corrected chi connectivity index (χ0v) is 10.7. The van der Waals surface area contributed by atoms with Gasteiger partial charge in [-0.05, 0) is 0 Å². The summed E-state index contributed by atoms with van der Waals surface area (Å²) in [6.07, 6.45) is 0. The van der Waals surface area contributed by atoms with Crippen LogP contribution in [0.1, 0.15) is 13.8 Å². The van der Waals surface area contributed by atoms with Crippen molar-refractivity contribution in [3.8, 4) is 0 Å². The van der Waals surface area contributed by atoms with E-state index in [1.165, 1.54) is 0 Å². The molecule has 5 rings (SSSR count). The third-order valence-electron chi connectivity index (χ3n) is 5.37. The third kappa shape index (κ3) is 0.915. The van der Waals surface area contributed by atoms with Crippen LogP contribution in [0.3, 0.4) is 0 Å². The van der Waals surface area contributed by atoms with Gasteiger partial charge in [-0.1, -0.05) is 13.8 Å². The molecule has 6 nitrogen and oxygen atoms in total. The minimum absolute atomic E-state index is 0.126. The average molecular weight is 250 g/mol. The van der Waals surface area contributed by atoms with Crippen LogP contribution in [0.5, 0.6) is 0 Å². The molecule has 98 valence electrons. The number of carbonyl (C=O) groups is 2. The van der Waals surface area contributed by atoms with E-state index >= 15 is 0 Å². The fourth-order valence-electron chi connectivity index (χ4n) is 5.18. The zero-order chi connectivity index (χ0) is 12.8. The summed E-state index contributed by atoms with van der Waals surface area (Å²) in [6, 6.07) is -0.333. The first kappa shape index (κ1) is 10.8. The van der Waals surface area contributed by atoms with Gasteiger partial charge in [0.25, 0.3) is 5.91 Å². The quantitative estimate of drug-likeness (QED) is 0.551. The Labute approximate surface area is 106 Å². The predicted octanol–water partition coefficient (Wildman–Crippen LogP) is -0.820. The second-order valence-electron chi connectivity index (χ2n) is 6.90. The average Bonchev–Trinajstić information content (AvgIpc) is 2.51. The predicted molar refractivity (Wildman–Crippen MR) is 63.6 cm³/mol. The SMILES string of the molecule is CC12CN3CN(C1)CC(C)(C3)C21NC(=O)NC1=O. The number of hydrogen-bond donors (Lipinski definition) is 2. The van der Waals surface area contributed by atoms with E-state index in [2.05, 4.69) is 34.3 Å². The van der Waals surface area contributed by atoms with Crippen molar-refractivity contribution in [3.05, 3.63) is 0 Å². The molecule has 5 aliphatic rings. The van der Waals surface area contributed by atoms with E-state index < -0.39 is 5.54 Å². The van der Waals surface area contributed by atoms with E-state index in [0.29, 0.717) is 0 Å². The minimum Gasteiger partial charge on any atom is -0.322 e. The lowest BCUT2D eigenvalue weighted by atomic mass is 9.50. The largest absolute Gasteiger partial charge is 0.322 e. The molecule has 0 aromatic heterocycles. The lowest BCUT2D eigenvalue weighted by molar-refractivity contribution is -0.210. The highest BCUT2D eigenvalue weighted by molar-refractivity contribution is 6.08. The molecule has 6 heteroatoms. The molecule has 4 bridgehead atoms. The van der Waals surface area contributed by atoms with Gasteiger partial charge in [-0.3, -0.25) is 19.9 Å². The van der Waals surface area contributed by atoms with Crippen molar-refractivity contribution in [2.75, 3.05) is 32.8 Å². The standard InChI is InChI=1S/C12H18N4O2/c1-10-3-15-5-11(2,6-16(4-10)7-15)12(10)8(17)13-9(18)14-12/h3-7H2,1-2H3,(H2,13,14,17,18). The summed E-state index contributed by atoms with van der Waals surface area (Å²) in [6.45, 7) is 8.79. The number of carbonyl (C=O) groups excluding carboxylic acids is 2. The Hall–Kier alpha value is -1.14. The Morgan fingerprint density at radius 3 is 1.89 bits per heavy atom. The van der Waals surface area contributed by atoms with Crippen molar-refractivity contribution in [3.63, 3.8) is 0 Å². The molecule has 3 amide bonds. The molecular formula is C12H18N4O2. The molecule has 5 heterocycles. The Bertz CT molecular complexity index is 439. The number of amides is 3. The lowest BCUT2D eigenvalue weighted by Crippen LogP contribution is -2.86. The van der Waals surface area contributed by atoms with Crippen molar-refractivity contribution in [2.24, 2.45) is 10.8 Å². The number of imide groups is 1. The molecule has 5 aliphatic heterocycles. The summed E-state index contributed by atoms with van der Waals surface area (Å²) in [5, 5.41) is 5.45. The zero-order valence-electron chi connectivity index (χ0n) is 10.7. The highest BCUT2D eigenvalue weighted by Crippen LogP contribution is 2.56. The highest BCUT2D eigenvalue weighted by Gasteiger charge is 2.74. The molecule has 0 radical (unpaired) electrons. The number of rotatable bonds is 0. The fourth-order valence-corrected chi connectivity index (χ4v) is 5.18. The maximum absolute atomic E-state index is 12.5. The molecular weight excluding hydrogens is 232 g/mol. The monoisotopic (exact) mass is 250 g/mol. The molecule has 0 saturated carbocycles. The summed E-state index contributed by atoms with van der Waals surface area (Å²) < 4.78 is 0. The molecule has 0 unspecified atom stereocenters. The first-order valence-corrected chi connectivity index (χ1v) is 6.47. The molecule has 0 aliphatic carbocycles. The van der Waals surface area contributed by atoms with Crippen LogP contribution in [-0.2, 0) is 4.79 Å². The van der Waals surface area contributed by atoms with Crippen LogP contribution in [0, 0.1) is 10.8 Å². The molecule has 0 atom stereocenters. The van der Waals surface area contributed by atoms with Gasteiger partial charge in [0, 0.05) is 37.0 Å². The van der Waals surface area contributed by atoms with Crippen LogP contribution in [0.15, 0.2) is 0 Å². The van der Waals surface area contributed by atoms with E-state index in [-0.39, 0.29) is 22.8 Å². The van der Waals surface area contributed by atoms with Crippen molar-refractivity contribution >= 4 is 11.9 Å². The van der Waals surface area contributed by atoms with Gasteiger partial charge in [0.1, 0.15) is 5.54 Å². The minimum atomic E-state index is -0.732. The highest BCUT2D eigenvalue weighted by atomic mass is 16.2. The summed E-state index contributed by atoms with van der Waals surface area (Å²) >= 11 is 0. The number of hydrogen-bond acceptors (Lipinski definition) is 4. The maximum Gasteiger partial charge on any atom is 0.322 e. The maximum atomic E-state index is 12.5. The van der Waals surface area contributed by atoms with Gasteiger partial charge in [0.2, 0.25) is 0 Å². The second-order valence-corrected chi connectivity index (χ2v) is 6.90. The van der Waals surface area contributed by atoms with Gasteiger partial charge < -0.3 is 5.32 Å². The smallest absolute Gasteiger partial charge is 0.322 e. The van der Waals surface area contributed by atoms with Crippen molar-refractivity contribution in [2.45, 2.75) is 19.4 Å². The third-order valence-corrected chi connectivity index (χ3v) is 5.37. The van der Waals surface area contributed by atoms with Gasteiger partial charge >= 0.3 is 6.03 Å². The fraction of sp³-hybridized carbons (Fsp3) is 0.833. The Morgan fingerprint density at radius 2 is 1.50 bits per heavy atom. The number of piperidine rings is 2. The number of nitrogens with zero attached hydrogens (tertiary/aromatic N) is 2. The van der Waals surface area contributed by atoms with Crippen LogP contribution in [0.4, 0.5) is 4.79 Å². The van der Waals surface area contributed by atoms with Crippen LogP contribution in [0.2, 0.25) is 0 Å². The van der Waals surface area contributed by atoms with E-state index in [1.807, 2.05) is 0 Å². The van der Waals surface area contributed by atoms with Crippen LogP contribution >= 0.6 is 0 Å². The van der Waals surface area contributed by atoms with Crippen LogP contribution in [0.25, 0.3) is 0 Å². The summed E-state index contributed by atoms with van der Waals surface area (Å²) in [7, 11) is 0. The van der Waals surface area contributed by atoms with Crippen molar-refractivity contribution < 1.29 is 9.59 Å². The van der Waals surface area contributed by atoms with Gasteiger partial charge in [-0.2, -0.15) is 0 Å². The van der Waals surface area contributed by atoms with Gasteiger partial charge in [-0.15, -0.1) is 0 Å². The summed E-state index contributed by atoms with van der Waals surface area (Å²) in [4.78, 5) is 28.9. The van der Waals surface area contributed by atoms with Gasteiger partial charge in [0.15, 0.2) is 0 Å². The van der Waals surface area contributed by atoms with E-state index in [4.69, 9.17) is 0 Å². The second kappa shape index (κ2) is 2.72. The number of nitrogens with one attached hydrogen (secondary N) is 2. The summed E-state index contributed by atoms with van der Waals surface area (Å²) in [5.74, 6) is -0.126. The van der Waals surface area contributed by atoms with E-state index in [0.717, 1.165) is 32.8 Å². The summed E-state index contributed by atoms with van der Waals surface area (Å²) in [5.41, 5.74) is -1.13. The molecule has 5 saturated heterocycles. The first-order valence-electron chi connectivity index (χ1n) is 6.47. The van der Waals surface area contributed by atoms with Crippen molar-refractivity contribution in [1.82, 2.24) is 20.4 Å². The Kier molecular flexibility index (Phi) is 1.63.